The van der Waals surface area contributed by atoms with E-state index in [1.807, 2.05) is 32.0 Å². The highest BCUT2D eigenvalue weighted by molar-refractivity contribution is 7.15. The average Bonchev–Trinajstić information content (AvgIpc) is 3.18. The van der Waals surface area contributed by atoms with Crippen molar-refractivity contribution in [3.05, 3.63) is 40.4 Å². The van der Waals surface area contributed by atoms with Gasteiger partial charge >= 0.3 is 0 Å². The predicted octanol–water partition coefficient (Wildman–Crippen LogP) is 3.12. The van der Waals surface area contributed by atoms with Crippen molar-refractivity contribution in [3.8, 4) is 0 Å². The fraction of sp³-hybridized carbons (Fsp3) is 0.421. The van der Waals surface area contributed by atoms with Crippen LogP contribution in [0.15, 0.2) is 24.3 Å². The summed E-state index contributed by atoms with van der Waals surface area (Å²) in [5, 5.41) is 6.90. The minimum atomic E-state index is -0.218. The molecule has 0 saturated carbocycles. The second-order valence-electron chi connectivity index (χ2n) is 7.10. The molecule has 2 heterocycles. The highest BCUT2D eigenvalue weighted by Crippen LogP contribution is 2.31. The van der Waals surface area contributed by atoms with Gasteiger partial charge in [-0.2, -0.15) is 0 Å². The van der Waals surface area contributed by atoms with E-state index in [2.05, 4.69) is 15.6 Å². The normalized spacial score (nSPS) is 18.5. The molecule has 0 bridgehead atoms. The van der Waals surface area contributed by atoms with Crippen molar-refractivity contribution in [3.63, 3.8) is 0 Å². The first kappa shape index (κ1) is 17.0. The van der Waals surface area contributed by atoms with Gasteiger partial charge in [-0.3, -0.25) is 9.59 Å². The lowest BCUT2D eigenvalue weighted by Crippen LogP contribution is -2.53. The van der Waals surface area contributed by atoms with Crippen LogP contribution in [0.2, 0.25) is 0 Å². The molecule has 4 rings (SSSR count). The minimum Gasteiger partial charge on any atom is -0.364 e. The van der Waals surface area contributed by atoms with Crippen LogP contribution in [-0.2, 0) is 17.6 Å². The van der Waals surface area contributed by atoms with Crippen molar-refractivity contribution >= 4 is 34.0 Å². The summed E-state index contributed by atoms with van der Waals surface area (Å²) in [7, 11) is 0. The maximum atomic E-state index is 12.9. The van der Waals surface area contributed by atoms with Gasteiger partial charge in [-0.1, -0.05) is 26.0 Å². The van der Waals surface area contributed by atoms with Gasteiger partial charge in [-0.15, -0.1) is 11.3 Å². The molecule has 1 aromatic heterocycles. The number of carbonyl (C=O) groups excluding carboxylic acids is 2. The van der Waals surface area contributed by atoms with Crippen molar-refractivity contribution in [2.45, 2.75) is 39.3 Å². The molecule has 2 N–H and O–H groups in total. The monoisotopic (exact) mass is 370 g/mol. The summed E-state index contributed by atoms with van der Waals surface area (Å²) in [5.74, 6) is -0.156. The van der Waals surface area contributed by atoms with Crippen LogP contribution in [0.4, 0.5) is 10.8 Å². The van der Waals surface area contributed by atoms with Crippen molar-refractivity contribution in [1.29, 1.82) is 0 Å². The van der Waals surface area contributed by atoms with Gasteiger partial charge in [0.25, 0.3) is 5.91 Å². The second kappa shape index (κ2) is 6.72. The van der Waals surface area contributed by atoms with Gasteiger partial charge in [-0.05, 0) is 37.3 Å². The standard InChI is InChI=1S/C19H22N4O2S/c1-11(2)17-20-13-7-4-3-6-12(13)18(25)23(17)10-16(24)22-19-21-14-8-5-9-15(14)26-19/h3-4,6-7,11,17,20H,5,8-10H2,1-2H3,(H,21,22,24)/t17-/m0/s1. The molecule has 2 aromatic rings. The Morgan fingerprint density at radius 1 is 1.38 bits per heavy atom. The number of hydrogen-bond acceptors (Lipinski definition) is 5. The summed E-state index contributed by atoms with van der Waals surface area (Å²) in [4.78, 5) is 32.9. The first-order valence-electron chi connectivity index (χ1n) is 8.98. The van der Waals surface area contributed by atoms with Crippen LogP contribution < -0.4 is 10.6 Å². The van der Waals surface area contributed by atoms with Crippen molar-refractivity contribution in [2.24, 2.45) is 5.92 Å². The van der Waals surface area contributed by atoms with Crippen LogP contribution in [-0.4, -0.2) is 34.4 Å². The zero-order valence-electron chi connectivity index (χ0n) is 14.9. The Bertz CT molecular complexity index is 839. The number of amides is 2. The molecule has 2 aliphatic rings. The number of para-hydroxylation sites is 1. The molecule has 0 fully saturated rings. The first-order valence-corrected chi connectivity index (χ1v) is 9.79. The number of nitrogens with zero attached hydrogens (tertiary/aromatic N) is 2. The fourth-order valence-electron chi connectivity index (χ4n) is 3.57. The van der Waals surface area contributed by atoms with Crippen LogP contribution in [0.5, 0.6) is 0 Å². The van der Waals surface area contributed by atoms with Gasteiger partial charge in [0.2, 0.25) is 5.91 Å². The van der Waals surface area contributed by atoms with Gasteiger partial charge in [0.15, 0.2) is 5.13 Å². The summed E-state index contributed by atoms with van der Waals surface area (Å²) in [6.07, 6.45) is 2.96. The van der Waals surface area contributed by atoms with Gasteiger partial charge in [0, 0.05) is 10.6 Å². The number of aromatic nitrogens is 1. The molecular formula is C19H22N4O2S. The van der Waals surface area contributed by atoms with Gasteiger partial charge in [-0.25, -0.2) is 4.98 Å². The molecule has 1 aromatic carbocycles. The topological polar surface area (TPSA) is 74.3 Å². The molecule has 6 nitrogen and oxygen atoms in total. The molecule has 26 heavy (non-hydrogen) atoms. The van der Waals surface area contributed by atoms with Crippen molar-refractivity contribution < 1.29 is 9.59 Å². The van der Waals surface area contributed by atoms with Crippen LogP contribution in [0, 0.1) is 5.92 Å². The van der Waals surface area contributed by atoms with Gasteiger partial charge in [0.05, 0.1) is 11.3 Å². The Morgan fingerprint density at radius 3 is 2.96 bits per heavy atom. The lowest BCUT2D eigenvalue weighted by molar-refractivity contribution is -0.117. The van der Waals surface area contributed by atoms with Crippen LogP contribution >= 0.6 is 11.3 Å². The Labute approximate surface area is 156 Å². The number of nitrogens with one attached hydrogen (secondary N) is 2. The van der Waals surface area contributed by atoms with E-state index in [1.165, 1.54) is 4.88 Å². The third-order valence-electron chi connectivity index (χ3n) is 4.84. The molecule has 0 radical (unpaired) electrons. The number of benzene rings is 1. The number of carbonyl (C=O) groups is 2. The Morgan fingerprint density at radius 2 is 2.19 bits per heavy atom. The molecule has 1 aliphatic heterocycles. The summed E-state index contributed by atoms with van der Waals surface area (Å²) < 4.78 is 0. The SMILES string of the molecule is CC(C)[C@H]1Nc2ccccc2C(=O)N1CC(=O)Nc1nc2c(s1)CCC2. The Kier molecular flexibility index (Phi) is 4.40. The molecule has 7 heteroatoms. The van der Waals surface area contributed by atoms with Crippen molar-refractivity contribution in [2.75, 3.05) is 17.2 Å². The molecule has 0 unspecified atom stereocenters. The largest absolute Gasteiger partial charge is 0.364 e. The quantitative estimate of drug-likeness (QED) is 0.867. The van der Waals surface area contributed by atoms with Crippen molar-refractivity contribution in [1.82, 2.24) is 9.88 Å². The van der Waals surface area contributed by atoms with E-state index in [1.54, 1.807) is 22.3 Å². The lowest BCUT2D eigenvalue weighted by Gasteiger charge is -2.39. The Hall–Kier alpha value is -2.41. The zero-order chi connectivity index (χ0) is 18.3. The van der Waals surface area contributed by atoms with Crippen LogP contribution in [0.25, 0.3) is 0 Å². The number of anilines is 2. The highest BCUT2D eigenvalue weighted by atomic mass is 32.1. The minimum absolute atomic E-state index is 0.00720. The lowest BCUT2D eigenvalue weighted by atomic mass is 10.0. The number of thiazole rings is 1. The molecule has 0 saturated heterocycles. The maximum Gasteiger partial charge on any atom is 0.258 e. The van der Waals surface area contributed by atoms with Crippen LogP contribution in [0.3, 0.4) is 0 Å². The number of hydrogen-bond donors (Lipinski definition) is 2. The average molecular weight is 370 g/mol. The van der Waals surface area contributed by atoms with E-state index < -0.39 is 0 Å². The van der Waals surface area contributed by atoms with E-state index in [9.17, 15) is 9.59 Å². The van der Waals surface area contributed by atoms with Gasteiger partial charge < -0.3 is 15.5 Å². The first-order chi connectivity index (χ1) is 12.5. The number of rotatable bonds is 4. The molecule has 1 aliphatic carbocycles. The molecular weight excluding hydrogens is 348 g/mol. The number of aryl methyl sites for hydroxylation is 2. The van der Waals surface area contributed by atoms with E-state index in [4.69, 9.17) is 0 Å². The van der Waals surface area contributed by atoms with Gasteiger partial charge in [0.1, 0.15) is 12.7 Å². The molecule has 0 spiro atoms. The van der Waals surface area contributed by atoms with E-state index in [0.29, 0.717) is 10.7 Å². The van der Waals surface area contributed by atoms with E-state index in [-0.39, 0.29) is 30.4 Å². The third-order valence-corrected chi connectivity index (χ3v) is 5.92. The second-order valence-corrected chi connectivity index (χ2v) is 8.19. The summed E-state index contributed by atoms with van der Waals surface area (Å²) in [5.41, 5.74) is 2.53. The van der Waals surface area contributed by atoms with E-state index >= 15 is 0 Å². The molecule has 1 atom stereocenters. The Balaban J connectivity index is 1.51. The maximum absolute atomic E-state index is 12.9. The summed E-state index contributed by atoms with van der Waals surface area (Å²) in [6.45, 7) is 4.08. The predicted molar refractivity (Wildman–Crippen MR) is 102 cm³/mol. The third kappa shape index (κ3) is 3.07. The smallest absolute Gasteiger partial charge is 0.258 e. The number of fused-ring (bicyclic) bond motifs is 2. The van der Waals surface area contributed by atoms with E-state index in [0.717, 1.165) is 30.6 Å². The highest BCUT2D eigenvalue weighted by Gasteiger charge is 2.34. The molecule has 2 amide bonds. The summed E-state index contributed by atoms with van der Waals surface area (Å²) in [6, 6.07) is 7.43. The summed E-state index contributed by atoms with van der Waals surface area (Å²) >= 11 is 1.55. The molecule has 136 valence electrons. The van der Waals surface area contributed by atoms with Crippen LogP contribution in [0.1, 0.15) is 41.2 Å². The zero-order valence-corrected chi connectivity index (χ0v) is 15.7. The fourth-order valence-corrected chi connectivity index (χ4v) is 4.63.